The Hall–Kier alpha value is -3.90. The van der Waals surface area contributed by atoms with Gasteiger partial charge in [-0.05, 0) is 43.3 Å². The molecule has 166 valence electrons. The Morgan fingerprint density at radius 3 is 2.39 bits per heavy atom. The van der Waals surface area contributed by atoms with E-state index in [1.54, 1.807) is 37.7 Å². The number of nitrogens with zero attached hydrogens (tertiary/aromatic N) is 1. The van der Waals surface area contributed by atoms with Gasteiger partial charge in [-0.15, -0.1) is 11.3 Å². The number of hydrogen-bond donors (Lipinski definition) is 1. The lowest BCUT2D eigenvalue weighted by Gasteiger charge is -2.07. The molecule has 0 aliphatic carbocycles. The molecule has 1 aromatic heterocycles. The molecule has 4 aromatic rings. The molecule has 0 bridgehead atoms. The third-order valence-electron chi connectivity index (χ3n) is 5.09. The summed E-state index contributed by atoms with van der Waals surface area (Å²) in [5.74, 6) is 1.13. The van der Waals surface area contributed by atoms with Crippen LogP contribution in [0.3, 0.4) is 0 Å². The second-order valence-electron chi connectivity index (χ2n) is 7.30. The summed E-state index contributed by atoms with van der Waals surface area (Å²) in [4.78, 5) is 18.4. The van der Waals surface area contributed by atoms with E-state index in [9.17, 15) is 4.79 Å². The molecular weight excluding hydrogens is 432 g/mol. The number of hydrogen-bond acceptors (Lipinski definition) is 5. The monoisotopic (exact) mass is 456 g/mol. The van der Waals surface area contributed by atoms with E-state index in [4.69, 9.17) is 14.5 Å². The van der Waals surface area contributed by atoms with E-state index in [-0.39, 0.29) is 5.91 Å². The fourth-order valence-corrected chi connectivity index (χ4v) is 4.34. The molecule has 0 saturated heterocycles. The molecule has 0 aliphatic rings. The van der Waals surface area contributed by atoms with Crippen molar-refractivity contribution in [1.82, 2.24) is 4.98 Å². The highest BCUT2D eigenvalue weighted by Crippen LogP contribution is 2.33. The van der Waals surface area contributed by atoms with Crippen LogP contribution in [0.4, 0.5) is 5.69 Å². The number of carbonyl (C=O) groups is 1. The molecule has 1 heterocycles. The van der Waals surface area contributed by atoms with Gasteiger partial charge in [0.25, 0.3) is 0 Å². The molecule has 1 amide bonds. The number of rotatable bonds is 7. The number of thiazole rings is 1. The Balaban J connectivity index is 1.46. The van der Waals surface area contributed by atoms with Gasteiger partial charge in [-0.25, -0.2) is 4.98 Å². The van der Waals surface area contributed by atoms with Crippen LogP contribution in [0.5, 0.6) is 11.5 Å². The number of ether oxygens (including phenoxy) is 2. The molecular formula is C27H24N2O3S. The maximum absolute atomic E-state index is 12.4. The third kappa shape index (κ3) is 5.30. The van der Waals surface area contributed by atoms with Crippen molar-refractivity contribution in [2.24, 2.45) is 0 Å². The zero-order valence-electron chi connectivity index (χ0n) is 18.7. The summed E-state index contributed by atoms with van der Waals surface area (Å²) in [5, 5.41) is 3.89. The molecule has 0 radical (unpaired) electrons. The first kappa shape index (κ1) is 22.3. The van der Waals surface area contributed by atoms with Gasteiger partial charge < -0.3 is 14.8 Å². The summed E-state index contributed by atoms with van der Waals surface area (Å²) in [7, 11) is 3.19. The second kappa shape index (κ2) is 10.1. The van der Waals surface area contributed by atoms with Crippen LogP contribution in [0.15, 0.2) is 78.9 Å². The zero-order valence-corrected chi connectivity index (χ0v) is 19.5. The number of aryl methyl sites for hydroxylation is 1. The van der Waals surface area contributed by atoms with Gasteiger partial charge in [0, 0.05) is 33.3 Å². The molecule has 0 saturated carbocycles. The Morgan fingerprint density at radius 1 is 0.939 bits per heavy atom. The van der Waals surface area contributed by atoms with Crippen LogP contribution < -0.4 is 14.8 Å². The van der Waals surface area contributed by atoms with E-state index in [1.807, 2.05) is 54.6 Å². The van der Waals surface area contributed by atoms with Gasteiger partial charge in [-0.1, -0.05) is 42.5 Å². The third-order valence-corrected chi connectivity index (χ3v) is 6.11. The van der Waals surface area contributed by atoms with Crippen LogP contribution >= 0.6 is 11.3 Å². The quantitative estimate of drug-likeness (QED) is 0.325. The number of anilines is 1. The Morgan fingerprint density at radius 2 is 1.70 bits per heavy atom. The molecule has 5 nitrogen and oxygen atoms in total. The highest BCUT2D eigenvalue weighted by atomic mass is 32.1. The number of nitrogens with one attached hydrogen (secondary N) is 1. The van der Waals surface area contributed by atoms with E-state index in [0.717, 1.165) is 32.3 Å². The van der Waals surface area contributed by atoms with E-state index in [0.29, 0.717) is 17.2 Å². The maximum Gasteiger partial charge on any atom is 0.248 e. The summed E-state index contributed by atoms with van der Waals surface area (Å²) in [5.41, 5.74) is 4.56. The molecule has 1 N–H and O–H groups in total. The minimum Gasteiger partial charge on any atom is -0.497 e. The lowest BCUT2D eigenvalue weighted by molar-refractivity contribution is -0.111. The average Bonchev–Trinajstić information content (AvgIpc) is 3.25. The normalized spacial score (nSPS) is 10.9. The van der Waals surface area contributed by atoms with Gasteiger partial charge in [-0.2, -0.15) is 0 Å². The van der Waals surface area contributed by atoms with Crippen LogP contribution in [-0.4, -0.2) is 25.1 Å². The highest BCUT2D eigenvalue weighted by Gasteiger charge is 2.11. The lowest BCUT2D eigenvalue weighted by atomic mass is 10.1. The van der Waals surface area contributed by atoms with Crippen LogP contribution in [0.25, 0.3) is 27.9 Å². The number of benzene rings is 3. The summed E-state index contributed by atoms with van der Waals surface area (Å²) < 4.78 is 10.6. The standard InChI is InChI=1S/C27H24N2O3S/c1-18-26(29-27(33-18)20-7-5-4-6-8-20)19-9-12-22(13-10-19)28-25(30)16-11-21-17-23(31-2)14-15-24(21)32-3/h4-17H,1-3H3,(H,28,30)/b16-11+. The first-order valence-electron chi connectivity index (χ1n) is 10.4. The van der Waals surface area contributed by atoms with E-state index >= 15 is 0 Å². The van der Waals surface area contributed by atoms with E-state index < -0.39 is 0 Å². The van der Waals surface area contributed by atoms with E-state index in [2.05, 4.69) is 24.4 Å². The number of methoxy groups -OCH3 is 2. The fraction of sp³-hybridized carbons (Fsp3) is 0.111. The molecule has 0 atom stereocenters. The van der Waals surface area contributed by atoms with Crippen molar-refractivity contribution in [2.75, 3.05) is 19.5 Å². The van der Waals surface area contributed by atoms with Gasteiger partial charge in [0.05, 0.1) is 19.9 Å². The van der Waals surface area contributed by atoms with Crippen LogP contribution in [0.1, 0.15) is 10.4 Å². The number of aromatic nitrogens is 1. The smallest absolute Gasteiger partial charge is 0.248 e. The lowest BCUT2D eigenvalue weighted by Crippen LogP contribution is -2.07. The van der Waals surface area contributed by atoms with Gasteiger partial charge in [0.15, 0.2) is 0 Å². The van der Waals surface area contributed by atoms with Crippen LogP contribution in [-0.2, 0) is 4.79 Å². The largest absolute Gasteiger partial charge is 0.497 e. The van der Waals surface area contributed by atoms with Gasteiger partial charge in [0.2, 0.25) is 5.91 Å². The van der Waals surface area contributed by atoms with Crippen molar-refractivity contribution in [2.45, 2.75) is 6.92 Å². The summed E-state index contributed by atoms with van der Waals surface area (Å²) in [6, 6.07) is 23.3. The van der Waals surface area contributed by atoms with Crippen LogP contribution in [0.2, 0.25) is 0 Å². The summed E-state index contributed by atoms with van der Waals surface area (Å²) >= 11 is 1.68. The van der Waals surface area contributed by atoms with Gasteiger partial charge >= 0.3 is 0 Å². The predicted molar refractivity (Wildman–Crippen MR) is 135 cm³/mol. The molecule has 0 fully saturated rings. The van der Waals surface area contributed by atoms with Crippen molar-refractivity contribution in [1.29, 1.82) is 0 Å². The SMILES string of the molecule is COc1ccc(OC)c(/C=C/C(=O)Nc2ccc(-c3nc(-c4ccccc4)sc3C)cc2)c1. The van der Waals surface area contributed by atoms with Crippen molar-refractivity contribution >= 4 is 29.0 Å². The molecule has 3 aromatic carbocycles. The second-order valence-corrected chi connectivity index (χ2v) is 8.50. The molecule has 0 spiro atoms. The first-order chi connectivity index (χ1) is 16.1. The zero-order chi connectivity index (χ0) is 23.2. The van der Waals surface area contributed by atoms with Gasteiger partial charge in [0.1, 0.15) is 16.5 Å². The summed E-state index contributed by atoms with van der Waals surface area (Å²) in [6.07, 6.45) is 3.18. The predicted octanol–water partition coefficient (Wildman–Crippen LogP) is 6.45. The molecule has 33 heavy (non-hydrogen) atoms. The van der Waals surface area contributed by atoms with Crippen molar-refractivity contribution in [3.8, 4) is 33.3 Å². The minimum absolute atomic E-state index is 0.233. The van der Waals surface area contributed by atoms with Crippen molar-refractivity contribution in [3.05, 3.63) is 89.3 Å². The van der Waals surface area contributed by atoms with E-state index in [1.165, 1.54) is 6.08 Å². The van der Waals surface area contributed by atoms with Crippen LogP contribution in [0, 0.1) is 6.92 Å². The Kier molecular flexibility index (Phi) is 6.86. The fourth-order valence-electron chi connectivity index (χ4n) is 3.40. The highest BCUT2D eigenvalue weighted by molar-refractivity contribution is 7.15. The van der Waals surface area contributed by atoms with Gasteiger partial charge in [-0.3, -0.25) is 4.79 Å². The van der Waals surface area contributed by atoms with Crippen molar-refractivity contribution in [3.63, 3.8) is 0 Å². The minimum atomic E-state index is -0.233. The van der Waals surface area contributed by atoms with Crippen molar-refractivity contribution < 1.29 is 14.3 Å². The molecule has 4 rings (SSSR count). The number of carbonyl (C=O) groups excluding carboxylic acids is 1. The summed E-state index contributed by atoms with van der Waals surface area (Å²) in [6.45, 7) is 2.08. The Bertz CT molecular complexity index is 1280. The molecule has 6 heteroatoms. The maximum atomic E-state index is 12.4. The average molecular weight is 457 g/mol. The topological polar surface area (TPSA) is 60.5 Å². The Labute approximate surface area is 197 Å². The molecule has 0 unspecified atom stereocenters. The number of amides is 1. The first-order valence-corrected chi connectivity index (χ1v) is 11.2. The molecule has 0 aliphatic heterocycles.